The van der Waals surface area contributed by atoms with Crippen molar-refractivity contribution in [2.45, 2.75) is 6.92 Å². The van der Waals surface area contributed by atoms with Gasteiger partial charge in [0.1, 0.15) is 0 Å². The highest BCUT2D eigenvalue weighted by atomic mass is 35.5. The maximum absolute atomic E-state index is 13.0. The van der Waals surface area contributed by atoms with Crippen molar-refractivity contribution in [2.75, 3.05) is 32.1 Å². The van der Waals surface area contributed by atoms with Gasteiger partial charge in [0.15, 0.2) is 5.13 Å². The minimum absolute atomic E-state index is 0.0380. The maximum Gasteiger partial charge on any atom is 0.270 e. The van der Waals surface area contributed by atoms with E-state index in [1.165, 1.54) is 21.8 Å². The molecule has 126 valence electrons. The number of thiophene rings is 1. The highest BCUT2D eigenvalue weighted by Gasteiger charge is 2.23. The minimum atomic E-state index is -0.0380. The molecule has 0 saturated heterocycles. The molecule has 1 N–H and O–H groups in total. The number of quaternary nitrogens is 1. The number of fused-ring (bicyclic) bond motifs is 1. The van der Waals surface area contributed by atoms with E-state index in [9.17, 15) is 4.79 Å². The molecule has 4 nitrogen and oxygen atoms in total. The van der Waals surface area contributed by atoms with E-state index in [4.69, 9.17) is 11.6 Å². The lowest BCUT2D eigenvalue weighted by atomic mass is 10.2. The molecule has 0 aliphatic heterocycles. The maximum atomic E-state index is 13.0. The smallest absolute Gasteiger partial charge is 0.270 e. The standard InChI is InChI=1S/C17H18ClN3OS2/c1-11-4-5-12-14(10-11)24-17(19-12)21(9-8-20(2)3)16(22)13-6-7-15(18)23-13/h4-7,10H,8-9H2,1-3H3/p+1. The lowest BCUT2D eigenvalue weighted by Gasteiger charge is -2.19. The van der Waals surface area contributed by atoms with Gasteiger partial charge in [-0.05, 0) is 36.8 Å². The Kier molecular flexibility index (Phi) is 5.20. The predicted octanol–water partition coefficient (Wildman–Crippen LogP) is 3.11. The van der Waals surface area contributed by atoms with Crippen LogP contribution in [0.3, 0.4) is 0 Å². The number of nitrogens with zero attached hydrogens (tertiary/aromatic N) is 2. The van der Waals surface area contributed by atoms with Gasteiger partial charge in [0.2, 0.25) is 0 Å². The van der Waals surface area contributed by atoms with Crippen molar-refractivity contribution in [1.29, 1.82) is 0 Å². The first-order valence-electron chi connectivity index (χ1n) is 7.67. The van der Waals surface area contributed by atoms with Crippen LogP contribution in [0.25, 0.3) is 10.2 Å². The van der Waals surface area contributed by atoms with Crippen LogP contribution >= 0.6 is 34.3 Å². The zero-order chi connectivity index (χ0) is 17.3. The summed E-state index contributed by atoms with van der Waals surface area (Å²) in [4.78, 5) is 21.3. The summed E-state index contributed by atoms with van der Waals surface area (Å²) in [5, 5.41) is 0.742. The third-order valence-corrected chi connectivity index (χ3v) is 5.89. The van der Waals surface area contributed by atoms with E-state index in [0.29, 0.717) is 15.8 Å². The number of aromatic nitrogens is 1. The van der Waals surface area contributed by atoms with Crippen LogP contribution in [-0.2, 0) is 0 Å². The molecule has 24 heavy (non-hydrogen) atoms. The fourth-order valence-electron chi connectivity index (χ4n) is 2.32. The number of carbonyl (C=O) groups excluding carboxylic acids is 1. The molecule has 7 heteroatoms. The Morgan fingerprint density at radius 2 is 2.04 bits per heavy atom. The van der Waals surface area contributed by atoms with E-state index < -0.39 is 0 Å². The fourth-order valence-corrected chi connectivity index (χ4v) is 4.40. The Morgan fingerprint density at radius 3 is 2.71 bits per heavy atom. The molecular formula is C17H19ClN3OS2+. The largest absolute Gasteiger partial charge is 0.338 e. The second-order valence-electron chi connectivity index (χ2n) is 5.99. The molecule has 1 amide bonds. The van der Waals surface area contributed by atoms with Crippen molar-refractivity contribution in [2.24, 2.45) is 0 Å². The zero-order valence-electron chi connectivity index (χ0n) is 13.8. The Hall–Kier alpha value is -1.47. The molecule has 0 unspecified atom stereocenters. The number of hydrogen-bond acceptors (Lipinski definition) is 4. The molecule has 0 atom stereocenters. The lowest BCUT2D eigenvalue weighted by molar-refractivity contribution is -0.856. The minimum Gasteiger partial charge on any atom is -0.338 e. The van der Waals surface area contributed by atoms with Gasteiger partial charge in [-0.1, -0.05) is 29.0 Å². The lowest BCUT2D eigenvalue weighted by Crippen LogP contribution is -3.06. The van der Waals surface area contributed by atoms with Crippen LogP contribution in [0.1, 0.15) is 15.2 Å². The first-order valence-corrected chi connectivity index (χ1v) is 9.68. The highest BCUT2D eigenvalue weighted by molar-refractivity contribution is 7.22. The molecule has 1 aromatic carbocycles. The Bertz CT molecular complexity index is 872. The average molecular weight is 381 g/mol. The van der Waals surface area contributed by atoms with Crippen LogP contribution in [0.2, 0.25) is 4.34 Å². The monoisotopic (exact) mass is 380 g/mol. The van der Waals surface area contributed by atoms with Crippen molar-refractivity contribution in [1.82, 2.24) is 4.98 Å². The molecule has 0 spiro atoms. The molecule has 0 aliphatic rings. The summed E-state index contributed by atoms with van der Waals surface area (Å²) in [6.07, 6.45) is 0. The zero-order valence-corrected chi connectivity index (χ0v) is 16.2. The highest BCUT2D eigenvalue weighted by Crippen LogP contribution is 2.31. The summed E-state index contributed by atoms with van der Waals surface area (Å²) in [7, 11) is 4.15. The van der Waals surface area contributed by atoms with Gasteiger partial charge in [-0.2, -0.15) is 0 Å². The van der Waals surface area contributed by atoms with Gasteiger partial charge >= 0.3 is 0 Å². The van der Waals surface area contributed by atoms with E-state index in [2.05, 4.69) is 32.1 Å². The van der Waals surface area contributed by atoms with Crippen LogP contribution in [0.5, 0.6) is 0 Å². The number of anilines is 1. The average Bonchev–Trinajstić information content (AvgIpc) is 3.12. The molecule has 2 heterocycles. The van der Waals surface area contributed by atoms with Crippen molar-refractivity contribution in [3.8, 4) is 0 Å². The number of thiazole rings is 1. The van der Waals surface area contributed by atoms with Crippen molar-refractivity contribution >= 4 is 55.5 Å². The van der Waals surface area contributed by atoms with Gasteiger partial charge in [0.25, 0.3) is 5.91 Å². The van der Waals surface area contributed by atoms with Gasteiger partial charge in [-0.25, -0.2) is 4.98 Å². The number of carbonyl (C=O) groups is 1. The molecule has 3 rings (SSSR count). The summed E-state index contributed by atoms with van der Waals surface area (Å²) in [5.41, 5.74) is 2.12. The Labute approximate surface area is 154 Å². The number of halogens is 1. The number of benzene rings is 1. The summed E-state index contributed by atoms with van der Waals surface area (Å²) in [6.45, 7) is 3.53. The fraction of sp³-hybridized carbons (Fsp3) is 0.294. The molecule has 0 bridgehead atoms. The molecule has 0 aliphatic carbocycles. The summed E-state index contributed by atoms with van der Waals surface area (Å²) < 4.78 is 1.72. The van der Waals surface area contributed by atoms with Crippen molar-refractivity contribution < 1.29 is 9.69 Å². The van der Waals surface area contributed by atoms with Gasteiger partial charge in [0, 0.05) is 0 Å². The van der Waals surface area contributed by atoms with Crippen LogP contribution in [0, 0.1) is 6.92 Å². The van der Waals surface area contributed by atoms with Gasteiger partial charge in [-0.15, -0.1) is 11.3 Å². The number of aryl methyl sites for hydroxylation is 1. The van der Waals surface area contributed by atoms with Crippen molar-refractivity contribution in [3.63, 3.8) is 0 Å². The third kappa shape index (κ3) is 3.78. The quantitative estimate of drug-likeness (QED) is 0.738. The molecule has 3 aromatic rings. The molecular weight excluding hydrogens is 362 g/mol. The number of nitrogens with one attached hydrogen (secondary N) is 1. The molecule has 0 saturated carbocycles. The van der Waals surface area contributed by atoms with E-state index in [1.54, 1.807) is 28.4 Å². The van der Waals surface area contributed by atoms with Gasteiger partial charge in [-0.3, -0.25) is 9.69 Å². The van der Waals surface area contributed by atoms with Crippen LogP contribution in [-0.4, -0.2) is 38.1 Å². The van der Waals surface area contributed by atoms with Crippen LogP contribution in [0.4, 0.5) is 5.13 Å². The van der Waals surface area contributed by atoms with Crippen LogP contribution in [0.15, 0.2) is 30.3 Å². The summed E-state index contributed by atoms with van der Waals surface area (Å²) in [5.74, 6) is -0.0380. The predicted molar refractivity (Wildman–Crippen MR) is 103 cm³/mol. The second kappa shape index (κ2) is 7.19. The number of rotatable bonds is 5. The SMILES string of the molecule is Cc1ccc2nc(N(CC[NH+](C)C)C(=O)c3ccc(Cl)s3)sc2c1. The molecule has 0 radical (unpaired) electrons. The first kappa shape index (κ1) is 17.4. The summed E-state index contributed by atoms with van der Waals surface area (Å²) >= 11 is 8.86. The van der Waals surface area contributed by atoms with E-state index in [-0.39, 0.29) is 5.91 Å². The van der Waals surface area contributed by atoms with Gasteiger partial charge in [0.05, 0.1) is 46.6 Å². The van der Waals surface area contributed by atoms with E-state index in [1.807, 2.05) is 12.1 Å². The second-order valence-corrected chi connectivity index (χ2v) is 8.71. The molecule has 0 fully saturated rings. The van der Waals surface area contributed by atoms with Gasteiger partial charge < -0.3 is 4.90 Å². The number of hydrogen-bond donors (Lipinski definition) is 1. The van der Waals surface area contributed by atoms with Crippen molar-refractivity contribution in [3.05, 3.63) is 45.1 Å². The van der Waals surface area contributed by atoms with Crippen LogP contribution < -0.4 is 9.80 Å². The topological polar surface area (TPSA) is 37.6 Å². The Balaban J connectivity index is 1.97. The number of amides is 1. The van der Waals surface area contributed by atoms with E-state index >= 15 is 0 Å². The summed E-state index contributed by atoms with van der Waals surface area (Å²) in [6, 6.07) is 9.70. The first-order chi connectivity index (χ1) is 11.4. The molecule has 2 aromatic heterocycles. The normalized spacial score (nSPS) is 11.4. The van der Waals surface area contributed by atoms with E-state index in [0.717, 1.165) is 21.9 Å². The number of likely N-dealkylation sites (N-methyl/N-ethyl adjacent to an activating group) is 1. The third-order valence-electron chi connectivity index (χ3n) is 3.63. The Morgan fingerprint density at radius 1 is 1.25 bits per heavy atom.